The predicted molar refractivity (Wildman–Crippen MR) is 82.4 cm³/mol. The molecular weight excluding hydrogens is 298 g/mol. The highest BCUT2D eigenvalue weighted by molar-refractivity contribution is 5.93. The first-order valence-corrected chi connectivity index (χ1v) is 7.55. The molecule has 2 aromatic rings. The van der Waals surface area contributed by atoms with E-state index >= 15 is 0 Å². The van der Waals surface area contributed by atoms with Crippen molar-refractivity contribution >= 4 is 17.5 Å². The van der Waals surface area contributed by atoms with Crippen LogP contribution in [0.3, 0.4) is 0 Å². The molecule has 3 heterocycles. The Hall–Kier alpha value is -2.41. The van der Waals surface area contributed by atoms with Crippen LogP contribution < -0.4 is 5.32 Å². The molecule has 0 aromatic carbocycles. The quantitative estimate of drug-likeness (QED) is 0.889. The molecule has 23 heavy (non-hydrogen) atoms. The summed E-state index contributed by atoms with van der Waals surface area (Å²) in [5, 5.41) is 12.0. The van der Waals surface area contributed by atoms with E-state index in [0.717, 1.165) is 5.56 Å². The average molecular weight is 317 g/mol. The maximum absolute atomic E-state index is 12.5. The third-order valence-corrected chi connectivity index (χ3v) is 4.17. The lowest BCUT2D eigenvalue weighted by molar-refractivity contribution is -0.139. The zero-order valence-electron chi connectivity index (χ0n) is 12.9. The molecule has 3 rings (SSSR count). The summed E-state index contributed by atoms with van der Waals surface area (Å²) in [7, 11) is 0. The van der Waals surface area contributed by atoms with Gasteiger partial charge in [-0.05, 0) is 37.5 Å². The lowest BCUT2D eigenvalue weighted by atomic mass is 9.86. The molecule has 1 fully saturated rings. The van der Waals surface area contributed by atoms with Gasteiger partial charge >= 0.3 is 5.97 Å². The lowest BCUT2D eigenvalue weighted by Crippen LogP contribution is -2.53. The van der Waals surface area contributed by atoms with Gasteiger partial charge in [-0.15, -0.1) is 0 Å². The van der Waals surface area contributed by atoms with Crippen LogP contribution in [0, 0.1) is 6.92 Å². The third-order valence-electron chi connectivity index (χ3n) is 4.17. The van der Waals surface area contributed by atoms with Crippen LogP contribution in [0.25, 0.3) is 5.65 Å². The van der Waals surface area contributed by atoms with Crippen molar-refractivity contribution in [2.75, 3.05) is 13.2 Å². The van der Waals surface area contributed by atoms with E-state index in [1.807, 2.05) is 25.3 Å². The monoisotopic (exact) mass is 317 g/mol. The van der Waals surface area contributed by atoms with Gasteiger partial charge in [0.1, 0.15) is 11.3 Å². The maximum Gasteiger partial charge on any atom is 0.305 e. The van der Waals surface area contributed by atoms with Crippen LogP contribution in [0.4, 0.5) is 0 Å². The SMILES string of the molecule is Cc1ccn2cc(C(=O)NC3(CC(=O)O)CCOCC3)nc2c1. The largest absolute Gasteiger partial charge is 0.481 e. The molecule has 1 aliphatic rings. The van der Waals surface area contributed by atoms with E-state index in [2.05, 4.69) is 10.3 Å². The first-order chi connectivity index (χ1) is 11.0. The van der Waals surface area contributed by atoms with Crippen LogP contribution in [0.1, 0.15) is 35.3 Å². The Morgan fingerprint density at radius 2 is 2.17 bits per heavy atom. The number of pyridine rings is 1. The number of nitrogens with one attached hydrogen (secondary N) is 1. The normalized spacial score (nSPS) is 17.1. The first-order valence-electron chi connectivity index (χ1n) is 7.55. The topological polar surface area (TPSA) is 92.9 Å². The van der Waals surface area contributed by atoms with E-state index < -0.39 is 11.5 Å². The zero-order chi connectivity index (χ0) is 16.4. The molecule has 0 saturated carbocycles. The highest BCUT2D eigenvalue weighted by Crippen LogP contribution is 2.25. The number of rotatable bonds is 4. The van der Waals surface area contributed by atoms with Crippen molar-refractivity contribution in [1.82, 2.24) is 14.7 Å². The molecule has 7 nitrogen and oxygen atoms in total. The van der Waals surface area contributed by atoms with E-state index in [9.17, 15) is 9.59 Å². The van der Waals surface area contributed by atoms with Crippen LogP contribution >= 0.6 is 0 Å². The fourth-order valence-electron chi connectivity index (χ4n) is 2.90. The van der Waals surface area contributed by atoms with Gasteiger partial charge in [-0.1, -0.05) is 0 Å². The summed E-state index contributed by atoms with van der Waals surface area (Å²) in [6, 6.07) is 3.82. The number of fused-ring (bicyclic) bond motifs is 1. The number of carbonyl (C=O) groups excluding carboxylic acids is 1. The van der Waals surface area contributed by atoms with Crippen molar-refractivity contribution in [3.8, 4) is 0 Å². The van der Waals surface area contributed by atoms with Crippen molar-refractivity contribution in [2.45, 2.75) is 31.7 Å². The van der Waals surface area contributed by atoms with Gasteiger partial charge in [0, 0.05) is 25.6 Å². The number of hydrogen-bond donors (Lipinski definition) is 2. The summed E-state index contributed by atoms with van der Waals surface area (Å²) in [5.41, 5.74) is 1.26. The summed E-state index contributed by atoms with van der Waals surface area (Å²) < 4.78 is 7.06. The van der Waals surface area contributed by atoms with Gasteiger partial charge in [-0.25, -0.2) is 4.98 Å². The maximum atomic E-state index is 12.5. The van der Waals surface area contributed by atoms with Gasteiger partial charge in [0.05, 0.1) is 12.0 Å². The van der Waals surface area contributed by atoms with Crippen molar-refractivity contribution in [1.29, 1.82) is 0 Å². The van der Waals surface area contributed by atoms with E-state index in [1.54, 1.807) is 10.6 Å². The van der Waals surface area contributed by atoms with E-state index in [1.165, 1.54) is 0 Å². The highest BCUT2D eigenvalue weighted by Gasteiger charge is 2.37. The van der Waals surface area contributed by atoms with Crippen LogP contribution in [0.5, 0.6) is 0 Å². The van der Waals surface area contributed by atoms with Crippen LogP contribution in [0.2, 0.25) is 0 Å². The summed E-state index contributed by atoms with van der Waals surface area (Å²) in [6.07, 6.45) is 4.34. The minimum absolute atomic E-state index is 0.116. The number of imidazole rings is 1. The van der Waals surface area contributed by atoms with Crippen LogP contribution in [0.15, 0.2) is 24.5 Å². The molecule has 0 aliphatic carbocycles. The molecule has 0 unspecified atom stereocenters. The van der Waals surface area contributed by atoms with E-state index in [4.69, 9.17) is 9.84 Å². The second-order valence-corrected chi connectivity index (χ2v) is 6.01. The molecule has 0 bridgehead atoms. The Labute approximate surface area is 133 Å². The summed E-state index contributed by atoms with van der Waals surface area (Å²) in [4.78, 5) is 28.0. The smallest absolute Gasteiger partial charge is 0.305 e. The number of aryl methyl sites for hydroxylation is 1. The number of ether oxygens (including phenoxy) is 1. The van der Waals surface area contributed by atoms with Gasteiger partial charge in [0.25, 0.3) is 5.91 Å². The lowest BCUT2D eigenvalue weighted by Gasteiger charge is -2.36. The summed E-state index contributed by atoms with van der Waals surface area (Å²) in [5.74, 6) is -1.28. The number of hydrogen-bond acceptors (Lipinski definition) is 4. The summed E-state index contributed by atoms with van der Waals surface area (Å²) in [6.45, 7) is 2.84. The number of aromatic nitrogens is 2. The molecule has 7 heteroatoms. The van der Waals surface area contributed by atoms with Gasteiger partial charge in [0.2, 0.25) is 0 Å². The molecule has 2 aromatic heterocycles. The fraction of sp³-hybridized carbons (Fsp3) is 0.438. The van der Waals surface area contributed by atoms with Crippen molar-refractivity contribution in [3.63, 3.8) is 0 Å². The van der Waals surface area contributed by atoms with Gasteiger partial charge in [-0.3, -0.25) is 9.59 Å². The van der Waals surface area contributed by atoms with Gasteiger partial charge in [0.15, 0.2) is 0 Å². The number of nitrogens with zero attached hydrogens (tertiary/aromatic N) is 2. The number of aliphatic carboxylic acids is 1. The zero-order valence-corrected chi connectivity index (χ0v) is 12.9. The molecule has 0 radical (unpaired) electrons. The molecule has 0 spiro atoms. The molecule has 122 valence electrons. The minimum atomic E-state index is -0.933. The number of carboxylic acids is 1. The third kappa shape index (κ3) is 3.34. The summed E-state index contributed by atoms with van der Waals surface area (Å²) >= 11 is 0. The first kappa shape index (κ1) is 15.5. The van der Waals surface area contributed by atoms with Crippen molar-refractivity contribution in [3.05, 3.63) is 35.8 Å². The number of carbonyl (C=O) groups is 2. The molecule has 1 saturated heterocycles. The Kier molecular flexibility index (Phi) is 4.04. The minimum Gasteiger partial charge on any atom is -0.481 e. The van der Waals surface area contributed by atoms with E-state index in [0.29, 0.717) is 31.7 Å². The molecule has 2 N–H and O–H groups in total. The molecule has 1 aliphatic heterocycles. The second kappa shape index (κ2) is 6.00. The molecule has 0 atom stereocenters. The Bertz CT molecular complexity index is 747. The Balaban J connectivity index is 1.83. The number of amides is 1. The van der Waals surface area contributed by atoms with Crippen LogP contribution in [-0.2, 0) is 9.53 Å². The van der Waals surface area contributed by atoms with Crippen LogP contribution in [-0.4, -0.2) is 45.1 Å². The number of carboxylic acid groups (broad SMARTS) is 1. The van der Waals surface area contributed by atoms with Gasteiger partial charge in [-0.2, -0.15) is 0 Å². The van der Waals surface area contributed by atoms with Crippen molar-refractivity contribution in [2.24, 2.45) is 0 Å². The molecular formula is C16H19N3O4. The Morgan fingerprint density at radius 3 is 2.87 bits per heavy atom. The Morgan fingerprint density at radius 1 is 1.43 bits per heavy atom. The fourth-order valence-corrected chi connectivity index (χ4v) is 2.90. The standard InChI is InChI=1S/C16H19N3O4/c1-11-2-5-19-10-12(17-13(19)8-11)15(22)18-16(9-14(20)21)3-6-23-7-4-16/h2,5,8,10H,3-4,6-7,9H2,1H3,(H,18,22)(H,20,21). The average Bonchev–Trinajstić information content (AvgIpc) is 2.90. The molecule has 1 amide bonds. The van der Waals surface area contributed by atoms with E-state index in [-0.39, 0.29) is 18.0 Å². The van der Waals surface area contributed by atoms with Crippen molar-refractivity contribution < 1.29 is 19.4 Å². The highest BCUT2D eigenvalue weighted by atomic mass is 16.5. The second-order valence-electron chi connectivity index (χ2n) is 6.01. The van der Waals surface area contributed by atoms with Gasteiger partial charge < -0.3 is 19.6 Å². The predicted octanol–water partition coefficient (Wildman–Crippen LogP) is 1.40.